The van der Waals surface area contributed by atoms with Gasteiger partial charge in [0.15, 0.2) is 5.78 Å². The van der Waals surface area contributed by atoms with Gasteiger partial charge in [-0.2, -0.15) is 0 Å². The molecule has 1 heterocycles. The number of nitrogens with zero attached hydrogens (tertiary/aromatic N) is 1. The summed E-state index contributed by atoms with van der Waals surface area (Å²) >= 11 is 0. The van der Waals surface area contributed by atoms with Crippen LogP contribution in [0.4, 0.5) is 4.79 Å². The van der Waals surface area contributed by atoms with Gasteiger partial charge in [-0.15, -0.1) is 0 Å². The molecule has 0 saturated heterocycles. The minimum Gasteiger partial charge on any atom is -0.461 e. The number of hydrogen-bond acceptors (Lipinski definition) is 5. The van der Waals surface area contributed by atoms with Gasteiger partial charge < -0.3 is 9.47 Å². The van der Waals surface area contributed by atoms with E-state index < -0.39 is 23.6 Å². The van der Waals surface area contributed by atoms with E-state index in [1.54, 1.807) is 45.0 Å². The predicted molar refractivity (Wildman–Crippen MR) is 101 cm³/mol. The zero-order valence-corrected chi connectivity index (χ0v) is 15.8. The standard InChI is InChI=1S/C21H23NO5/c1-5-12-26-19(24)14-10-11-16-17(18(14)23)13-8-6-7-9-15(13)22(16)20(25)27-21(2,3)4/h5-9,14H,1,10-12H2,2-4H3. The fourth-order valence-electron chi connectivity index (χ4n) is 3.37. The van der Waals surface area contributed by atoms with Crippen LogP contribution < -0.4 is 0 Å². The van der Waals surface area contributed by atoms with Crippen LogP contribution in [0.25, 0.3) is 10.9 Å². The second kappa shape index (κ2) is 7.02. The third kappa shape index (κ3) is 3.52. The zero-order chi connectivity index (χ0) is 19.8. The first-order chi connectivity index (χ1) is 12.7. The van der Waals surface area contributed by atoms with Crippen molar-refractivity contribution in [2.75, 3.05) is 6.61 Å². The van der Waals surface area contributed by atoms with Gasteiger partial charge in [-0.3, -0.25) is 9.59 Å². The first-order valence-electron chi connectivity index (χ1n) is 8.92. The molecule has 1 aromatic heterocycles. The van der Waals surface area contributed by atoms with E-state index in [0.29, 0.717) is 35.0 Å². The summed E-state index contributed by atoms with van der Waals surface area (Å²) < 4.78 is 12.1. The molecular formula is C21H23NO5. The van der Waals surface area contributed by atoms with Crippen LogP contribution in [0, 0.1) is 5.92 Å². The maximum absolute atomic E-state index is 13.1. The van der Waals surface area contributed by atoms with Crippen LogP contribution in [0.15, 0.2) is 36.9 Å². The molecule has 0 amide bonds. The second-order valence-corrected chi connectivity index (χ2v) is 7.53. The number of benzene rings is 1. The number of ketones is 1. The molecule has 0 fully saturated rings. The molecule has 1 unspecified atom stereocenters. The van der Waals surface area contributed by atoms with Crippen molar-refractivity contribution in [1.82, 2.24) is 4.57 Å². The van der Waals surface area contributed by atoms with Gasteiger partial charge in [0.2, 0.25) is 0 Å². The molecule has 1 aromatic carbocycles. The fourth-order valence-corrected chi connectivity index (χ4v) is 3.37. The van der Waals surface area contributed by atoms with E-state index >= 15 is 0 Å². The van der Waals surface area contributed by atoms with E-state index in [1.165, 1.54) is 10.6 Å². The number of para-hydroxylation sites is 1. The summed E-state index contributed by atoms with van der Waals surface area (Å²) in [7, 11) is 0. The SMILES string of the molecule is C=CCOC(=O)C1CCc2c(c3ccccc3n2C(=O)OC(C)(C)C)C1=O. The van der Waals surface area contributed by atoms with Crippen LogP contribution in [0.1, 0.15) is 43.2 Å². The van der Waals surface area contributed by atoms with E-state index in [1.807, 2.05) is 0 Å². The third-order valence-electron chi connectivity index (χ3n) is 4.41. The van der Waals surface area contributed by atoms with Crippen molar-refractivity contribution < 1.29 is 23.9 Å². The van der Waals surface area contributed by atoms with Crippen LogP contribution >= 0.6 is 0 Å². The van der Waals surface area contributed by atoms with Gasteiger partial charge in [0.05, 0.1) is 5.52 Å². The monoisotopic (exact) mass is 369 g/mol. The van der Waals surface area contributed by atoms with Crippen molar-refractivity contribution in [3.8, 4) is 0 Å². The molecule has 0 radical (unpaired) electrons. The summed E-state index contributed by atoms with van der Waals surface area (Å²) in [5.74, 6) is -1.74. The Morgan fingerprint density at radius 1 is 1.30 bits per heavy atom. The van der Waals surface area contributed by atoms with Gasteiger partial charge >= 0.3 is 12.1 Å². The Morgan fingerprint density at radius 3 is 2.67 bits per heavy atom. The number of carbonyl (C=O) groups is 3. The third-order valence-corrected chi connectivity index (χ3v) is 4.41. The topological polar surface area (TPSA) is 74.6 Å². The number of rotatable bonds is 3. The predicted octanol–water partition coefficient (Wildman–Crippen LogP) is 3.90. The normalized spacial score (nSPS) is 16.7. The Morgan fingerprint density at radius 2 is 2.00 bits per heavy atom. The second-order valence-electron chi connectivity index (χ2n) is 7.53. The van der Waals surface area contributed by atoms with E-state index in [0.717, 1.165) is 0 Å². The van der Waals surface area contributed by atoms with Crippen LogP contribution in [0.2, 0.25) is 0 Å². The summed E-state index contributed by atoms with van der Waals surface area (Å²) in [5, 5.41) is 0.643. The van der Waals surface area contributed by atoms with Gasteiger partial charge in [-0.05, 0) is 39.7 Å². The first kappa shape index (κ1) is 18.9. The van der Waals surface area contributed by atoms with Gasteiger partial charge in [0.1, 0.15) is 18.1 Å². The fraction of sp³-hybridized carbons (Fsp3) is 0.381. The van der Waals surface area contributed by atoms with Crippen LogP contribution in [0.5, 0.6) is 0 Å². The smallest absolute Gasteiger partial charge is 0.419 e. The Labute approximate surface area is 157 Å². The minimum atomic E-state index is -0.865. The summed E-state index contributed by atoms with van der Waals surface area (Å²) in [5.41, 5.74) is 0.932. The number of ether oxygens (including phenoxy) is 2. The molecule has 27 heavy (non-hydrogen) atoms. The zero-order valence-electron chi connectivity index (χ0n) is 15.8. The average Bonchev–Trinajstić information content (AvgIpc) is 2.93. The molecule has 0 saturated carbocycles. The molecule has 1 atom stereocenters. The highest BCUT2D eigenvalue weighted by Crippen LogP contribution is 2.35. The van der Waals surface area contributed by atoms with Crippen LogP contribution in [-0.2, 0) is 20.7 Å². The maximum Gasteiger partial charge on any atom is 0.419 e. The summed E-state index contributed by atoms with van der Waals surface area (Å²) in [6, 6.07) is 7.16. The Bertz CT molecular complexity index is 932. The molecule has 142 valence electrons. The van der Waals surface area contributed by atoms with E-state index in [4.69, 9.17) is 9.47 Å². The quantitative estimate of drug-likeness (QED) is 0.466. The number of Topliss-reactive ketones (excluding diaryl/α,β-unsaturated/α-hetero) is 1. The Balaban J connectivity index is 2.08. The van der Waals surface area contributed by atoms with Crippen molar-refractivity contribution in [3.63, 3.8) is 0 Å². The molecule has 6 nitrogen and oxygen atoms in total. The molecule has 2 aromatic rings. The summed E-state index contributed by atoms with van der Waals surface area (Å²) in [6.45, 7) is 8.95. The number of carbonyl (C=O) groups excluding carboxylic acids is 3. The molecule has 0 spiro atoms. The van der Waals surface area contributed by atoms with Gasteiger partial charge in [0.25, 0.3) is 0 Å². The lowest BCUT2D eigenvalue weighted by Gasteiger charge is -2.23. The Kier molecular flexibility index (Phi) is 4.91. The van der Waals surface area contributed by atoms with E-state index in [9.17, 15) is 14.4 Å². The van der Waals surface area contributed by atoms with Gasteiger partial charge in [0, 0.05) is 16.6 Å². The van der Waals surface area contributed by atoms with Crippen molar-refractivity contribution in [1.29, 1.82) is 0 Å². The highest BCUT2D eigenvalue weighted by Gasteiger charge is 2.39. The van der Waals surface area contributed by atoms with Crippen LogP contribution in [-0.4, -0.2) is 34.6 Å². The lowest BCUT2D eigenvalue weighted by molar-refractivity contribution is -0.145. The first-order valence-corrected chi connectivity index (χ1v) is 8.92. The largest absolute Gasteiger partial charge is 0.461 e. The maximum atomic E-state index is 13.1. The lowest BCUT2D eigenvalue weighted by atomic mass is 9.85. The molecule has 6 heteroatoms. The highest BCUT2D eigenvalue weighted by atomic mass is 16.6. The molecule has 0 N–H and O–H groups in total. The highest BCUT2D eigenvalue weighted by molar-refractivity contribution is 6.18. The molecule has 1 aliphatic rings. The molecular weight excluding hydrogens is 346 g/mol. The lowest BCUT2D eigenvalue weighted by Crippen LogP contribution is -2.33. The summed E-state index contributed by atoms with van der Waals surface area (Å²) in [6.07, 6.45) is 1.63. The van der Waals surface area contributed by atoms with Crippen molar-refractivity contribution in [2.45, 2.75) is 39.2 Å². The van der Waals surface area contributed by atoms with Gasteiger partial charge in [-0.1, -0.05) is 30.9 Å². The Hall–Kier alpha value is -2.89. The van der Waals surface area contributed by atoms with Crippen molar-refractivity contribution >= 4 is 28.7 Å². The van der Waals surface area contributed by atoms with E-state index in [-0.39, 0.29) is 12.4 Å². The number of aromatic nitrogens is 1. The molecule has 3 rings (SSSR count). The average molecular weight is 369 g/mol. The van der Waals surface area contributed by atoms with Crippen molar-refractivity contribution in [2.24, 2.45) is 5.92 Å². The number of fused-ring (bicyclic) bond motifs is 3. The number of hydrogen-bond donors (Lipinski definition) is 0. The molecule has 0 bridgehead atoms. The summed E-state index contributed by atoms with van der Waals surface area (Å²) in [4.78, 5) is 38.1. The number of esters is 1. The van der Waals surface area contributed by atoms with Gasteiger partial charge in [-0.25, -0.2) is 9.36 Å². The van der Waals surface area contributed by atoms with E-state index in [2.05, 4.69) is 6.58 Å². The van der Waals surface area contributed by atoms with Crippen LogP contribution in [0.3, 0.4) is 0 Å². The van der Waals surface area contributed by atoms with Crippen molar-refractivity contribution in [3.05, 3.63) is 48.2 Å². The molecule has 1 aliphatic carbocycles. The minimum absolute atomic E-state index is 0.0646. The molecule has 0 aliphatic heterocycles.